The van der Waals surface area contributed by atoms with Gasteiger partial charge in [-0.3, -0.25) is 0 Å². The third-order valence-corrected chi connectivity index (χ3v) is 13.4. The Kier molecular flexibility index (Phi) is 8.01. The third kappa shape index (κ3) is 5.87. The van der Waals surface area contributed by atoms with Gasteiger partial charge in [0.15, 0.2) is 17.5 Å². The number of benzene rings is 9. The Bertz CT molecular complexity index is 3900. The highest BCUT2D eigenvalue weighted by Crippen LogP contribution is 2.43. The second-order valence-electron chi connectivity index (χ2n) is 16.0. The van der Waals surface area contributed by atoms with Crippen LogP contribution >= 0.6 is 11.3 Å². The number of nitrogens with zero attached hydrogens (tertiary/aromatic N) is 4. The predicted octanol–water partition coefficient (Wildman–Crippen LogP) is 15.6. The molecular weight excluding hydrogens is 789 g/mol. The van der Waals surface area contributed by atoms with Crippen LogP contribution in [0.15, 0.2) is 211 Å². The van der Waals surface area contributed by atoms with E-state index in [-0.39, 0.29) is 0 Å². The van der Waals surface area contributed by atoms with Gasteiger partial charge < -0.3 is 8.98 Å². The Labute approximate surface area is 365 Å². The molecule has 4 aromatic heterocycles. The van der Waals surface area contributed by atoms with Crippen molar-refractivity contribution in [1.82, 2.24) is 19.5 Å². The summed E-state index contributed by atoms with van der Waals surface area (Å²) in [6.07, 6.45) is 0. The van der Waals surface area contributed by atoms with Crippen molar-refractivity contribution in [2.45, 2.75) is 0 Å². The summed E-state index contributed by atoms with van der Waals surface area (Å²) in [4.78, 5) is 15.7. The predicted molar refractivity (Wildman–Crippen MR) is 262 cm³/mol. The molecule has 0 aliphatic carbocycles. The SMILES string of the molecule is c1ccc(-c2ccc(-c3nc(-c4cccc(-c5ccccc5)c4)nc(-c4cccc5oc6ccc(-n7c8ccccc8c8cc9c(cc87)sc7ccccc79)cc6c45)n3)cc2)cc1. The van der Waals surface area contributed by atoms with Crippen LogP contribution in [0.5, 0.6) is 0 Å². The summed E-state index contributed by atoms with van der Waals surface area (Å²) < 4.78 is 11.6. The van der Waals surface area contributed by atoms with Crippen molar-refractivity contribution in [1.29, 1.82) is 0 Å². The quantitative estimate of drug-likeness (QED) is 0.168. The van der Waals surface area contributed by atoms with Crippen LogP contribution < -0.4 is 0 Å². The highest BCUT2D eigenvalue weighted by molar-refractivity contribution is 7.25. The van der Waals surface area contributed by atoms with Gasteiger partial charge in [0.2, 0.25) is 0 Å². The first-order valence-corrected chi connectivity index (χ1v) is 21.9. The summed E-state index contributed by atoms with van der Waals surface area (Å²) in [6.45, 7) is 0. The molecule has 13 rings (SSSR count). The molecule has 0 unspecified atom stereocenters. The zero-order valence-corrected chi connectivity index (χ0v) is 34.6. The van der Waals surface area contributed by atoms with Gasteiger partial charge in [-0.05, 0) is 76.9 Å². The highest BCUT2D eigenvalue weighted by atomic mass is 32.1. The van der Waals surface area contributed by atoms with Crippen LogP contribution in [0, 0.1) is 0 Å². The number of aromatic nitrogens is 4. The molecule has 294 valence electrons. The van der Waals surface area contributed by atoms with E-state index in [2.05, 4.69) is 187 Å². The van der Waals surface area contributed by atoms with Crippen molar-refractivity contribution in [3.63, 3.8) is 0 Å². The molecule has 5 nitrogen and oxygen atoms in total. The molecule has 0 saturated carbocycles. The van der Waals surface area contributed by atoms with Crippen LogP contribution in [0.4, 0.5) is 0 Å². The molecule has 0 radical (unpaired) electrons. The zero-order chi connectivity index (χ0) is 41.4. The lowest BCUT2D eigenvalue weighted by molar-refractivity contribution is 0.669. The van der Waals surface area contributed by atoms with Gasteiger partial charge in [-0.15, -0.1) is 11.3 Å². The average molecular weight is 823 g/mol. The molecule has 0 saturated heterocycles. The molecule has 4 heterocycles. The maximum Gasteiger partial charge on any atom is 0.164 e. The van der Waals surface area contributed by atoms with Gasteiger partial charge in [0.05, 0.1) is 11.0 Å². The molecule has 0 fully saturated rings. The molecule has 63 heavy (non-hydrogen) atoms. The smallest absolute Gasteiger partial charge is 0.164 e. The van der Waals surface area contributed by atoms with E-state index >= 15 is 0 Å². The third-order valence-electron chi connectivity index (χ3n) is 12.3. The van der Waals surface area contributed by atoms with Crippen molar-refractivity contribution < 1.29 is 4.42 Å². The second kappa shape index (κ2) is 14.2. The van der Waals surface area contributed by atoms with E-state index in [1.165, 1.54) is 36.5 Å². The molecule has 0 amide bonds. The standard InChI is InChI=1S/C57H34N4OS/c1-3-13-35(14-4-1)37-25-27-38(28-26-37)55-58-56(40-18-11-17-39(31-40)36-15-5-2-6-16-36)60-57(59-55)44-21-12-23-51-54(44)47-32-41(29-30-50(47)62-51)61-48-22-9-7-19-42(48)45-33-46-43-20-8-10-24-52(43)63-53(46)34-49(45)61/h1-34H. The van der Waals surface area contributed by atoms with Crippen LogP contribution in [0.2, 0.25) is 0 Å². The van der Waals surface area contributed by atoms with Crippen molar-refractivity contribution >= 4 is 75.3 Å². The minimum Gasteiger partial charge on any atom is -0.456 e. The summed E-state index contributed by atoms with van der Waals surface area (Å²) in [5.41, 5.74) is 12.2. The Morgan fingerprint density at radius 3 is 1.81 bits per heavy atom. The van der Waals surface area contributed by atoms with E-state index < -0.39 is 0 Å². The van der Waals surface area contributed by atoms with Crippen molar-refractivity contribution in [2.24, 2.45) is 0 Å². The van der Waals surface area contributed by atoms with E-state index in [4.69, 9.17) is 19.4 Å². The number of furan rings is 1. The summed E-state index contributed by atoms with van der Waals surface area (Å²) in [5, 5.41) is 7.00. The number of fused-ring (bicyclic) bond motifs is 9. The van der Waals surface area contributed by atoms with Crippen LogP contribution in [-0.4, -0.2) is 19.5 Å². The number of hydrogen-bond acceptors (Lipinski definition) is 5. The first-order chi connectivity index (χ1) is 31.2. The first-order valence-electron chi connectivity index (χ1n) is 21.1. The zero-order valence-electron chi connectivity index (χ0n) is 33.7. The normalized spacial score (nSPS) is 11.8. The Morgan fingerprint density at radius 1 is 0.349 bits per heavy atom. The average Bonchev–Trinajstić information content (AvgIpc) is 4.02. The fraction of sp³-hybridized carbons (Fsp3) is 0. The summed E-state index contributed by atoms with van der Waals surface area (Å²) in [5.74, 6) is 1.78. The van der Waals surface area contributed by atoms with E-state index in [1.54, 1.807) is 0 Å². The molecule has 0 aliphatic rings. The van der Waals surface area contributed by atoms with Crippen LogP contribution in [0.3, 0.4) is 0 Å². The molecule has 0 spiro atoms. The maximum atomic E-state index is 6.62. The van der Waals surface area contributed by atoms with E-state index in [0.717, 1.165) is 72.1 Å². The van der Waals surface area contributed by atoms with Crippen molar-refractivity contribution in [3.8, 4) is 62.1 Å². The summed E-state index contributed by atoms with van der Waals surface area (Å²) in [6, 6.07) is 72.6. The highest BCUT2D eigenvalue weighted by Gasteiger charge is 2.21. The molecule has 0 N–H and O–H groups in total. The number of para-hydroxylation sites is 1. The monoisotopic (exact) mass is 822 g/mol. The Balaban J connectivity index is 1.01. The number of thiophene rings is 1. The summed E-state index contributed by atoms with van der Waals surface area (Å²) in [7, 11) is 0. The fourth-order valence-electron chi connectivity index (χ4n) is 9.27. The van der Waals surface area contributed by atoms with E-state index in [1.807, 2.05) is 35.6 Å². The lowest BCUT2D eigenvalue weighted by Gasteiger charge is -2.11. The summed E-state index contributed by atoms with van der Waals surface area (Å²) >= 11 is 1.85. The molecule has 13 aromatic rings. The second-order valence-corrected chi connectivity index (χ2v) is 17.1. The van der Waals surface area contributed by atoms with Crippen LogP contribution in [-0.2, 0) is 0 Å². The molecular formula is C57H34N4OS. The van der Waals surface area contributed by atoms with E-state index in [0.29, 0.717) is 17.5 Å². The number of rotatable bonds is 6. The van der Waals surface area contributed by atoms with Crippen LogP contribution in [0.25, 0.3) is 126 Å². The van der Waals surface area contributed by atoms with Gasteiger partial charge in [0, 0.05) is 64.1 Å². The minimum absolute atomic E-state index is 0.579. The van der Waals surface area contributed by atoms with Gasteiger partial charge in [0.25, 0.3) is 0 Å². The van der Waals surface area contributed by atoms with Gasteiger partial charge in [-0.2, -0.15) is 0 Å². The van der Waals surface area contributed by atoms with Gasteiger partial charge in [0.1, 0.15) is 11.2 Å². The van der Waals surface area contributed by atoms with Crippen molar-refractivity contribution in [3.05, 3.63) is 206 Å². The molecule has 9 aromatic carbocycles. The van der Waals surface area contributed by atoms with Crippen molar-refractivity contribution in [2.75, 3.05) is 0 Å². The van der Waals surface area contributed by atoms with Gasteiger partial charge in [-0.1, -0.05) is 152 Å². The maximum absolute atomic E-state index is 6.62. The molecule has 0 bridgehead atoms. The minimum atomic E-state index is 0.579. The van der Waals surface area contributed by atoms with Gasteiger partial charge in [-0.25, -0.2) is 15.0 Å². The van der Waals surface area contributed by atoms with Gasteiger partial charge >= 0.3 is 0 Å². The molecule has 6 heteroatoms. The molecule has 0 aliphatic heterocycles. The molecule has 0 atom stereocenters. The lowest BCUT2D eigenvalue weighted by Crippen LogP contribution is -2.00. The number of hydrogen-bond donors (Lipinski definition) is 0. The largest absolute Gasteiger partial charge is 0.456 e. The van der Waals surface area contributed by atoms with Crippen LogP contribution in [0.1, 0.15) is 0 Å². The first kappa shape index (κ1) is 35.6. The Hall–Kier alpha value is -8.19. The Morgan fingerprint density at radius 2 is 0.984 bits per heavy atom. The van der Waals surface area contributed by atoms with E-state index in [9.17, 15) is 0 Å². The topological polar surface area (TPSA) is 56.7 Å². The fourth-order valence-corrected chi connectivity index (χ4v) is 10.4. The lowest BCUT2D eigenvalue weighted by atomic mass is 10.0.